The fourth-order valence-electron chi connectivity index (χ4n) is 4.61. The molecule has 0 atom stereocenters. The molecule has 101 valence electrons. The summed E-state index contributed by atoms with van der Waals surface area (Å²) >= 11 is 0. The largest absolute Gasteiger partial charge is 0.0534 e. The van der Waals surface area contributed by atoms with Gasteiger partial charge in [-0.15, -0.1) is 0 Å². The molecule has 2 saturated carbocycles. The van der Waals surface area contributed by atoms with Gasteiger partial charge in [0.1, 0.15) is 0 Å². The summed E-state index contributed by atoms with van der Waals surface area (Å²) in [6.45, 7) is 0. The maximum atomic E-state index is 2.38. The van der Waals surface area contributed by atoms with Gasteiger partial charge in [0.2, 0.25) is 0 Å². The fraction of sp³-hybridized carbons (Fsp3) is 0.667. The predicted molar refractivity (Wildman–Crippen MR) is 82.8 cm³/mol. The first kappa shape index (κ1) is 14.1. The van der Waals surface area contributed by atoms with E-state index in [1.807, 2.05) is 11.1 Å². The van der Waals surface area contributed by atoms with E-state index in [-0.39, 0.29) is 26.2 Å². The summed E-state index contributed by atoms with van der Waals surface area (Å²) in [5.74, 6) is 1.86. The molecule has 0 aromatic rings. The second kappa shape index (κ2) is 5.84. The average molecular weight is 449 g/mol. The van der Waals surface area contributed by atoms with Gasteiger partial charge < -0.3 is 0 Å². The third kappa shape index (κ3) is 2.31. The van der Waals surface area contributed by atoms with E-state index >= 15 is 0 Å². The van der Waals surface area contributed by atoms with Gasteiger partial charge in [0.05, 0.1) is 0 Å². The Morgan fingerprint density at radius 1 is 0.579 bits per heavy atom. The second-order valence-corrected chi connectivity index (χ2v) is 6.66. The minimum absolute atomic E-state index is 0. The van der Waals surface area contributed by atoms with Crippen molar-refractivity contribution in [3.05, 3.63) is 23.3 Å². The molecule has 0 spiro atoms. The van der Waals surface area contributed by atoms with Crippen LogP contribution in [0, 0.1) is 0 Å². The Morgan fingerprint density at radius 2 is 0.947 bits per heavy atom. The van der Waals surface area contributed by atoms with Crippen molar-refractivity contribution in [2.24, 2.45) is 0 Å². The summed E-state index contributed by atoms with van der Waals surface area (Å²) in [7, 11) is 0. The zero-order valence-electron chi connectivity index (χ0n) is 11.8. The normalized spacial score (nSPS) is 22.9. The molecule has 0 unspecified atom stereocenters. The average Bonchev–Trinajstić information content (AvgIpc) is 2.43. The van der Waals surface area contributed by atoms with Crippen LogP contribution in [0.15, 0.2) is 12.1 Å². The molecular weight excluding hydrogens is 425 g/mol. The zero-order valence-corrected chi connectivity index (χ0v) is 15.3. The monoisotopic (exact) mass is 449 g/mol. The van der Waals surface area contributed by atoms with E-state index in [2.05, 4.69) is 12.1 Å². The molecule has 0 aromatic heterocycles. The SMILES string of the molecule is [Bi].c1cc2c(C3CCCCC3)c(C3CCCCC3)c1-2. The molecule has 0 heterocycles. The third-order valence-electron chi connectivity index (χ3n) is 5.60. The molecule has 4 aliphatic carbocycles. The van der Waals surface area contributed by atoms with E-state index in [0.717, 1.165) is 11.8 Å². The minimum Gasteiger partial charge on any atom is -0.0534 e. The number of hydrogen-bond acceptors (Lipinski definition) is 0. The molecule has 1 heteroatoms. The summed E-state index contributed by atoms with van der Waals surface area (Å²) < 4.78 is 0. The van der Waals surface area contributed by atoms with Gasteiger partial charge in [0, 0.05) is 26.2 Å². The molecule has 0 aliphatic heterocycles. The van der Waals surface area contributed by atoms with Gasteiger partial charge >= 0.3 is 0 Å². The third-order valence-corrected chi connectivity index (χ3v) is 5.60. The molecule has 2 fully saturated rings. The van der Waals surface area contributed by atoms with Crippen LogP contribution in [0.5, 0.6) is 0 Å². The maximum Gasteiger partial charge on any atom is 0 e. The van der Waals surface area contributed by atoms with Gasteiger partial charge in [-0.05, 0) is 59.8 Å². The molecule has 0 saturated heterocycles. The van der Waals surface area contributed by atoms with Crippen LogP contribution >= 0.6 is 0 Å². The first-order chi connectivity index (χ1) is 8.95. The molecule has 0 bridgehead atoms. The number of rotatable bonds is 2. The second-order valence-electron chi connectivity index (χ2n) is 6.66. The van der Waals surface area contributed by atoms with Crippen LogP contribution in [0.3, 0.4) is 0 Å². The first-order valence-electron chi connectivity index (χ1n) is 8.12. The van der Waals surface area contributed by atoms with E-state index in [1.54, 1.807) is 11.1 Å². The van der Waals surface area contributed by atoms with Crippen molar-refractivity contribution in [1.82, 2.24) is 0 Å². The van der Waals surface area contributed by atoms with Crippen molar-refractivity contribution in [3.63, 3.8) is 0 Å². The topological polar surface area (TPSA) is 0 Å². The van der Waals surface area contributed by atoms with Gasteiger partial charge in [-0.1, -0.05) is 50.7 Å². The summed E-state index contributed by atoms with van der Waals surface area (Å²) in [6.07, 6.45) is 14.7. The van der Waals surface area contributed by atoms with Crippen LogP contribution in [0.1, 0.15) is 87.2 Å². The molecule has 19 heavy (non-hydrogen) atoms. The quantitative estimate of drug-likeness (QED) is 0.540. The standard InChI is InChI=1S/C18H24.Bi/c1-3-7-13(8-4-1)17-15-11-12-16(15)18(17)14-9-5-2-6-10-14;/h11-14H,1-10H2;. The fourth-order valence-corrected chi connectivity index (χ4v) is 4.61. The maximum absolute atomic E-state index is 2.38. The molecule has 0 N–H and O–H groups in total. The van der Waals surface area contributed by atoms with Gasteiger partial charge in [-0.3, -0.25) is 0 Å². The Labute approximate surface area is 136 Å². The van der Waals surface area contributed by atoms with Crippen LogP contribution < -0.4 is 0 Å². The smallest absolute Gasteiger partial charge is 0 e. The van der Waals surface area contributed by atoms with Crippen LogP contribution in [-0.2, 0) is 0 Å². The van der Waals surface area contributed by atoms with Crippen LogP contribution in [-0.4, -0.2) is 26.2 Å². The van der Waals surface area contributed by atoms with E-state index < -0.39 is 0 Å². The van der Waals surface area contributed by atoms with Crippen molar-refractivity contribution in [1.29, 1.82) is 0 Å². The van der Waals surface area contributed by atoms with Crippen molar-refractivity contribution >= 4 is 26.2 Å². The van der Waals surface area contributed by atoms with Gasteiger partial charge in [0.25, 0.3) is 0 Å². The summed E-state index contributed by atoms with van der Waals surface area (Å²) in [6, 6.07) is 4.76. The minimum atomic E-state index is 0. The van der Waals surface area contributed by atoms with Crippen molar-refractivity contribution < 1.29 is 0 Å². The molecule has 0 amide bonds. The van der Waals surface area contributed by atoms with Gasteiger partial charge in [-0.2, -0.15) is 0 Å². The molecule has 0 nitrogen and oxygen atoms in total. The Bertz CT molecular complexity index is 408. The van der Waals surface area contributed by atoms with Crippen LogP contribution in [0.2, 0.25) is 0 Å². The first-order valence-corrected chi connectivity index (χ1v) is 8.12. The van der Waals surface area contributed by atoms with E-state index in [0.29, 0.717) is 0 Å². The van der Waals surface area contributed by atoms with Crippen molar-refractivity contribution in [3.8, 4) is 11.1 Å². The van der Waals surface area contributed by atoms with Gasteiger partial charge in [0.15, 0.2) is 0 Å². The number of hydrogen-bond donors (Lipinski definition) is 0. The molecule has 0 aromatic carbocycles. The van der Waals surface area contributed by atoms with Gasteiger partial charge in [-0.25, -0.2) is 0 Å². The molecule has 3 radical (unpaired) electrons. The molecule has 4 rings (SSSR count). The summed E-state index contributed by atoms with van der Waals surface area (Å²) in [5, 5.41) is 0. The molecular formula is C18H24Bi. The Balaban J connectivity index is 0.00000110. The van der Waals surface area contributed by atoms with E-state index in [9.17, 15) is 0 Å². The summed E-state index contributed by atoms with van der Waals surface area (Å²) in [4.78, 5) is 0. The zero-order chi connectivity index (χ0) is 11.9. The van der Waals surface area contributed by atoms with Crippen LogP contribution in [0.25, 0.3) is 11.1 Å². The number of fused-ring (bicyclic) bond motifs is 1. The van der Waals surface area contributed by atoms with Crippen molar-refractivity contribution in [2.75, 3.05) is 0 Å². The Morgan fingerprint density at radius 3 is 1.26 bits per heavy atom. The Hall–Kier alpha value is 0.103. The van der Waals surface area contributed by atoms with E-state index in [4.69, 9.17) is 0 Å². The van der Waals surface area contributed by atoms with E-state index in [1.165, 1.54) is 64.2 Å². The Kier molecular flexibility index (Phi) is 4.32. The molecule has 4 aliphatic rings. The number of benzene rings is 1. The predicted octanol–water partition coefficient (Wildman–Crippen LogP) is 5.38. The summed E-state index contributed by atoms with van der Waals surface area (Å²) in [5.41, 5.74) is 7.00. The van der Waals surface area contributed by atoms with Crippen LogP contribution in [0.4, 0.5) is 0 Å². The van der Waals surface area contributed by atoms with Crippen molar-refractivity contribution in [2.45, 2.75) is 76.0 Å².